The third-order valence-electron chi connectivity index (χ3n) is 4.81. The van der Waals surface area contributed by atoms with Crippen LogP contribution in [0.25, 0.3) is 11.3 Å². The van der Waals surface area contributed by atoms with E-state index in [0.717, 1.165) is 17.7 Å². The van der Waals surface area contributed by atoms with Crippen LogP contribution in [-0.4, -0.2) is 43.7 Å². The van der Waals surface area contributed by atoms with Crippen LogP contribution >= 0.6 is 11.3 Å². The molecule has 32 heavy (non-hydrogen) atoms. The van der Waals surface area contributed by atoms with Crippen molar-refractivity contribution in [1.29, 1.82) is 0 Å². The zero-order valence-electron chi connectivity index (χ0n) is 17.8. The molecule has 2 aromatic carbocycles. The molecule has 0 bridgehead atoms. The average molecular weight is 454 g/mol. The van der Waals surface area contributed by atoms with Gasteiger partial charge in [-0.25, -0.2) is 4.98 Å². The normalized spacial score (nSPS) is 12.7. The lowest BCUT2D eigenvalue weighted by atomic mass is 10.1. The van der Waals surface area contributed by atoms with Gasteiger partial charge in [0.25, 0.3) is 11.8 Å². The molecular weight excluding hydrogens is 430 g/mol. The summed E-state index contributed by atoms with van der Waals surface area (Å²) >= 11 is 1.32. The summed E-state index contributed by atoms with van der Waals surface area (Å²) in [5.74, 6) is 1.51. The van der Waals surface area contributed by atoms with Crippen molar-refractivity contribution in [3.05, 3.63) is 47.8 Å². The molecule has 9 heteroatoms. The Bertz CT molecular complexity index is 1130. The number of hydrogen-bond donors (Lipinski definition) is 1. The quantitative estimate of drug-likeness (QED) is 0.555. The van der Waals surface area contributed by atoms with Gasteiger partial charge in [0.05, 0.1) is 18.5 Å². The molecule has 2 amide bonds. The molecule has 3 aromatic rings. The van der Waals surface area contributed by atoms with E-state index in [-0.39, 0.29) is 25.0 Å². The van der Waals surface area contributed by atoms with E-state index in [1.54, 1.807) is 36.3 Å². The fourth-order valence-corrected chi connectivity index (χ4v) is 4.03. The molecule has 0 atom stereocenters. The Morgan fingerprint density at radius 1 is 1.25 bits per heavy atom. The zero-order chi connectivity index (χ0) is 22.5. The maximum atomic E-state index is 12.3. The molecule has 1 N–H and O–H groups in total. The number of amides is 2. The van der Waals surface area contributed by atoms with Crippen LogP contribution in [-0.2, 0) is 9.59 Å². The van der Waals surface area contributed by atoms with Crippen molar-refractivity contribution < 1.29 is 23.8 Å². The second-order valence-electron chi connectivity index (χ2n) is 7.07. The van der Waals surface area contributed by atoms with Crippen LogP contribution < -0.4 is 24.4 Å². The number of ether oxygens (including phenoxy) is 3. The van der Waals surface area contributed by atoms with E-state index in [1.807, 2.05) is 30.5 Å². The number of carbonyl (C=O) groups is 2. The smallest absolute Gasteiger partial charge is 0.265 e. The predicted octanol–water partition coefficient (Wildman–Crippen LogP) is 3.97. The largest absolute Gasteiger partial charge is 0.497 e. The highest BCUT2D eigenvalue weighted by Crippen LogP contribution is 2.36. The van der Waals surface area contributed by atoms with E-state index in [4.69, 9.17) is 14.2 Å². The Morgan fingerprint density at radius 2 is 2.09 bits per heavy atom. The Balaban J connectivity index is 1.42. The van der Waals surface area contributed by atoms with Crippen molar-refractivity contribution in [3.8, 4) is 28.5 Å². The van der Waals surface area contributed by atoms with E-state index >= 15 is 0 Å². The summed E-state index contributed by atoms with van der Waals surface area (Å²) in [6.07, 6.45) is 0.847. The average Bonchev–Trinajstić information content (AvgIpc) is 3.28. The van der Waals surface area contributed by atoms with E-state index in [0.29, 0.717) is 34.6 Å². The number of thiazole rings is 1. The molecule has 2 heterocycles. The van der Waals surface area contributed by atoms with Gasteiger partial charge in [0, 0.05) is 23.6 Å². The number of fused-ring (bicyclic) bond motifs is 1. The monoisotopic (exact) mass is 453 g/mol. The number of aromatic nitrogens is 1. The minimum Gasteiger partial charge on any atom is -0.497 e. The highest BCUT2D eigenvalue weighted by molar-refractivity contribution is 7.14. The number of benzene rings is 2. The number of nitrogens with zero attached hydrogens (tertiary/aromatic N) is 2. The Labute approximate surface area is 189 Å². The molecule has 8 nitrogen and oxygen atoms in total. The van der Waals surface area contributed by atoms with Crippen LogP contribution in [0.15, 0.2) is 47.8 Å². The van der Waals surface area contributed by atoms with Crippen LogP contribution in [0.1, 0.15) is 13.3 Å². The molecule has 166 valence electrons. The Kier molecular flexibility index (Phi) is 6.55. The van der Waals surface area contributed by atoms with Gasteiger partial charge in [-0.2, -0.15) is 0 Å². The van der Waals surface area contributed by atoms with E-state index in [1.165, 1.54) is 11.3 Å². The lowest BCUT2D eigenvalue weighted by molar-refractivity contribution is -0.121. The van der Waals surface area contributed by atoms with Gasteiger partial charge in [-0.05, 0) is 36.8 Å². The van der Waals surface area contributed by atoms with Crippen molar-refractivity contribution in [2.24, 2.45) is 0 Å². The molecule has 4 rings (SSSR count). The van der Waals surface area contributed by atoms with Crippen LogP contribution in [0.4, 0.5) is 10.8 Å². The Hall–Kier alpha value is -3.59. The van der Waals surface area contributed by atoms with Gasteiger partial charge in [0.2, 0.25) is 0 Å². The third-order valence-corrected chi connectivity index (χ3v) is 5.56. The van der Waals surface area contributed by atoms with Gasteiger partial charge in [-0.15, -0.1) is 11.3 Å². The maximum Gasteiger partial charge on any atom is 0.265 e. The summed E-state index contributed by atoms with van der Waals surface area (Å²) in [6, 6.07) is 12.7. The lowest BCUT2D eigenvalue weighted by Crippen LogP contribution is -2.39. The molecule has 0 spiro atoms. The highest BCUT2D eigenvalue weighted by atomic mass is 32.1. The van der Waals surface area contributed by atoms with Crippen LogP contribution in [0, 0.1) is 0 Å². The lowest BCUT2D eigenvalue weighted by Gasteiger charge is -2.29. The van der Waals surface area contributed by atoms with Crippen LogP contribution in [0.5, 0.6) is 17.2 Å². The van der Waals surface area contributed by atoms with Crippen molar-refractivity contribution in [2.45, 2.75) is 13.3 Å². The Morgan fingerprint density at radius 3 is 2.91 bits per heavy atom. The van der Waals surface area contributed by atoms with Gasteiger partial charge in [-0.1, -0.05) is 13.0 Å². The van der Waals surface area contributed by atoms with Gasteiger partial charge in [-0.3, -0.25) is 14.9 Å². The first-order valence-corrected chi connectivity index (χ1v) is 11.0. The topological polar surface area (TPSA) is 90.0 Å². The van der Waals surface area contributed by atoms with Gasteiger partial charge >= 0.3 is 0 Å². The molecule has 1 aliphatic rings. The highest BCUT2D eigenvalue weighted by Gasteiger charge is 2.25. The predicted molar refractivity (Wildman–Crippen MR) is 123 cm³/mol. The van der Waals surface area contributed by atoms with E-state index < -0.39 is 0 Å². The van der Waals surface area contributed by atoms with E-state index in [2.05, 4.69) is 10.3 Å². The summed E-state index contributed by atoms with van der Waals surface area (Å²) in [4.78, 5) is 30.8. The summed E-state index contributed by atoms with van der Waals surface area (Å²) < 4.78 is 16.2. The minimum absolute atomic E-state index is 0.0526. The minimum atomic E-state index is -0.313. The SMILES string of the molecule is CCCN1C(=O)COc2ccc(-c3csc(NC(=O)COc4cccc(OC)c4)n3)cc21. The first-order chi connectivity index (χ1) is 15.6. The molecule has 1 aliphatic heterocycles. The third kappa shape index (κ3) is 4.83. The van der Waals surface area contributed by atoms with Crippen molar-refractivity contribution in [1.82, 2.24) is 4.98 Å². The molecule has 0 unspecified atom stereocenters. The van der Waals surface area contributed by atoms with Crippen molar-refractivity contribution in [3.63, 3.8) is 0 Å². The number of anilines is 2. The first-order valence-electron chi connectivity index (χ1n) is 10.2. The molecule has 1 aromatic heterocycles. The number of methoxy groups -OCH3 is 1. The van der Waals surface area contributed by atoms with Crippen molar-refractivity contribution in [2.75, 3.05) is 37.1 Å². The second kappa shape index (κ2) is 9.69. The molecule has 0 aliphatic carbocycles. The molecule has 0 fully saturated rings. The van der Waals surface area contributed by atoms with Gasteiger partial charge in [0.1, 0.15) is 17.2 Å². The summed E-state index contributed by atoms with van der Waals surface area (Å²) in [7, 11) is 1.57. The van der Waals surface area contributed by atoms with Crippen LogP contribution in [0.3, 0.4) is 0 Å². The fourth-order valence-electron chi connectivity index (χ4n) is 3.29. The number of nitrogens with one attached hydrogen (secondary N) is 1. The first kappa shape index (κ1) is 21.6. The van der Waals surface area contributed by atoms with Gasteiger partial charge in [0.15, 0.2) is 18.3 Å². The zero-order valence-corrected chi connectivity index (χ0v) is 18.6. The fraction of sp³-hybridized carbons (Fsp3) is 0.261. The van der Waals surface area contributed by atoms with E-state index in [9.17, 15) is 9.59 Å². The summed E-state index contributed by atoms with van der Waals surface area (Å²) in [6.45, 7) is 2.56. The summed E-state index contributed by atoms with van der Waals surface area (Å²) in [5, 5.41) is 5.08. The second-order valence-corrected chi connectivity index (χ2v) is 7.93. The number of hydrogen-bond acceptors (Lipinski definition) is 7. The molecule has 0 radical (unpaired) electrons. The standard InChI is InChI=1S/C23H23N3O5S/c1-3-9-26-19-10-15(7-8-20(19)31-13-22(26)28)18-14-32-23(24-18)25-21(27)12-30-17-6-4-5-16(11-17)29-2/h4-8,10-11,14H,3,9,12-13H2,1-2H3,(H,24,25,27). The number of carbonyl (C=O) groups excluding carboxylic acids is 2. The van der Waals surface area contributed by atoms with Crippen molar-refractivity contribution >= 4 is 34.0 Å². The van der Waals surface area contributed by atoms with Crippen LogP contribution in [0.2, 0.25) is 0 Å². The molecule has 0 saturated heterocycles. The number of rotatable bonds is 8. The maximum absolute atomic E-state index is 12.3. The molecule has 0 saturated carbocycles. The molecular formula is C23H23N3O5S. The van der Waals surface area contributed by atoms with Gasteiger partial charge < -0.3 is 19.1 Å². The summed E-state index contributed by atoms with van der Waals surface area (Å²) in [5.41, 5.74) is 2.29.